The first-order valence-electron chi connectivity index (χ1n) is 6.36. The lowest BCUT2D eigenvalue weighted by Gasteiger charge is -2.31. The second-order valence-electron chi connectivity index (χ2n) is 5.42. The van der Waals surface area contributed by atoms with Crippen LogP contribution in [-0.2, 0) is 0 Å². The minimum absolute atomic E-state index is 0.105. The van der Waals surface area contributed by atoms with Crippen molar-refractivity contribution in [3.05, 3.63) is 28.8 Å². The second-order valence-corrected chi connectivity index (χ2v) is 6.61. The molecule has 0 fully saturated rings. The molecular formula is C14H15N3O2S. The summed E-state index contributed by atoms with van der Waals surface area (Å²) in [6, 6.07) is 5.51. The van der Waals surface area contributed by atoms with E-state index in [2.05, 4.69) is 15.5 Å². The van der Waals surface area contributed by atoms with Crippen LogP contribution < -0.4 is 10.1 Å². The summed E-state index contributed by atoms with van der Waals surface area (Å²) in [6.45, 7) is 5.74. The van der Waals surface area contributed by atoms with Crippen molar-refractivity contribution in [3.8, 4) is 5.75 Å². The molecule has 3 rings (SSSR count). The van der Waals surface area contributed by atoms with E-state index in [1.165, 1.54) is 11.3 Å². The molecule has 0 saturated carbocycles. The molecule has 1 aromatic carbocycles. The minimum atomic E-state index is -0.435. The molecule has 0 atom stereocenters. The zero-order valence-corrected chi connectivity index (χ0v) is 12.4. The third kappa shape index (κ3) is 2.51. The molecule has 1 aliphatic rings. The lowest BCUT2D eigenvalue weighted by Crippen LogP contribution is -2.35. The standard InChI is InChI=1S/C14H15N3O2S/c1-8-16-17-13(20-8)15-9-4-5-12-10(6-9)11(18)7-14(2,3)19-12/h4-6H,7H2,1-3H3,(H,15,17). The predicted molar refractivity (Wildman–Crippen MR) is 78.0 cm³/mol. The smallest absolute Gasteiger partial charge is 0.210 e. The van der Waals surface area contributed by atoms with E-state index in [0.717, 1.165) is 10.7 Å². The average Bonchev–Trinajstić information content (AvgIpc) is 2.74. The molecule has 0 saturated heterocycles. The molecule has 0 radical (unpaired) electrons. The Bertz CT molecular complexity index is 679. The van der Waals surface area contributed by atoms with Gasteiger partial charge in [-0.2, -0.15) is 0 Å². The molecule has 0 unspecified atom stereocenters. The maximum Gasteiger partial charge on any atom is 0.210 e. The number of anilines is 2. The summed E-state index contributed by atoms with van der Waals surface area (Å²) in [6.07, 6.45) is 0.390. The molecule has 2 heterocycles. The van der Waals surface area contributed by atoms with Gasteiger partial charge in [-0.25, -0.2) is 0 Å². The summed E-state index contributed by atoms with van der Waals surface area (Å²) < 4.78 is 5.83. The number of nitrogens with one attached hydrogen (secondary N) is 1. The van der Waals surface area contributed by atoms with E-state index in [1.54, 1.807) is 0 Å². The summed E-state index contributed by atoms with van der Waals surface area (Å²) in [5.41, 5.74) is 1.00. The van der Waals surface area contributed by atoms with Crippen molar-refractivity contribution in [2.24, 2.45) is 0 Å². The lowest BCUT2D eigenvalue weighted by molar-refractivity contribution is 0.0620. The molecular weight excluding hydrogens is 274 g/mol. The molecule has 0 bridgehead atoms. The fraction of sp³-hybridized carbons (Fsp3) is 0.357. The zero-order valence-electron chi connectivity index (χ0n) is 11.6. The van der Waals surface area contributed by atoms with Crippen LogP contribution in [0.15, 0.2) is 18.2 Å². The van der Waals surface area contributed by atoms with E-state index in [-0.39, 0.29) is 5.78 Å². The van der Waals surface area contributed by atoms with E-state index in [0.29, 0.717) is 22.9 Å². The van der Waals surface area contributed by atoms with E-state index < -0.39 is 5.60 Å². The summed E-state index contributed by atoms with van der Waals surface area (Å²) in [5.74, 6) is 0.749. The van der Waals surface area contributed by atoms with Crippen LogP contribution in [0.5, 0.6) is 5.75 Å². The number of aromatic nitrogens is 2. The number of Topliss-reactive ketones (excluding diaryl/α,β-unsaturated/α-hetero) is 1. The SMILES string of the molecule is Cc1nnc(Nc2ccc3c(c2)C(=O)CC(C)(C)O3)s1. The topological polar surface area (TPSA) is 64.1 Å². The molecule has 1 aromatic heterocycles. The highest BCUT2D eigenvalue weighted by Gasteiger charge is 2.32. The first kappa shape index (κ1) is 13.1. The molecule has 104 valence electrons. The maximum atomic E-state index is 12.2. The Morgan fingerprint density at radius 3 is 2.85 bits per heavy atom. The van der Waals surface area contributed by atoms with Crippen LogP contribution in [-0.4, -0.2) is 21.6 Å². The number of benzene rings is 1. The molecule has 1 aliphatic heterocycles. The van der Waals surface area contributed by atoms with Gasteiger partial charge in [-0.3, -0.25) is 4.79 Å². The summed E-state index contributed by atoms with van der Waals surface area (Å²) >= 11 is 1.47. The van der Waals surface area contributed by atoms with Gasteiger partial charge in [0.05, 0.1) is 12.0 Å². The molecule has 5 nitrogen and oxygen atoms in total. The number of ether oxygens (including phenoxy) is 1. The summed E-state index contributed by atoms with van der Waals surface area (Å²) in [5, 5.41) is 12.7. The van der Waals surface area contributed by atoms with Crippen molar-refractivity contribution in [1.29, 1.82) is 0 Å². The third-order valence-corrected chi connectivity index (χ3v) is 3.78. The molecule has 0 amide bonds. The van der Waals surface area contributed by atoms with Crippen LogP contribution in [0, 0.1) is 6.92 Å². The normalized spacial score (nSPS) is 16.4. The van der Waals surface area contributed by atoms with Gasteiger partial charge in [-0.05, 0) is 39.0 Å². The van der Waals surface area contributed by atoms with Crippen molar-refractivity contribution in [2.75, 3.05) is 5.32 Å². The maximum absolute atomic E-state index is 12.2. The number of aryl methyl sites for hydroxylation is 1. The largest absolute Gasteiger partial charge is 0.487 e. The summed E-state index contributed by atoms with van der Waals surface area (Å²) in [4.78, 5) is 12.2. The van der Waals surface area contributed by atoms with Crippen molar-refractivity contribution in [2.45, 2.75) is 32.8 Å². The molecule has 0 spiro atoms. The highest BCUT2D eigenvalue weighted by molar-refractivity contribution is 7.15. The van der Waals surface area contributed by atoms with E-state index in [4.69, 9.17) is 4.74 Å². The van der Waals surface area contributed by atoms with Crippen LogP contribution in [0.2, 0.25) is 0 Å². The average molecular weight is 289 g/mol. The molecule has 1 N–H and O–H groups in total. The van der Waals surface area contributed by atoms with Crippen molar-refractivity contribution >= 4 is 27.9 Å². The van der Waals surface area contributed by atoms with Crippen LogP contribution in [0.4, 0.5) is 10.8 Å². The van der Waals surface area contributed by atoms with Gasteiger partial charge in [-0.15, -0.1) is 10.2 Å². The molecule has 0 aliphatic carbocycles. The van der Waals surface area contributed by atoms with Gasteiger partial charge in [0, 0.05) is 5.69 Å². The first-order valence-corrected chi connectivity index (χ1v) is 7.18. The lowest BCUT2D eigenvalue weighted by atomic mass is 9.93. The van der Waals surface area contributed by atoms with Gasteiger partial charge in [0.15, 0.2) is 5.78 Å². The highest BCUT2D eigenvalue weighted by atomic mass is 32.1. The van der Waals surface area contributed by atoms with Gasteiger partial charge < -0.3 is 10.1 Å². The fourth-order valence-corrected chi connectivity index (χ4v) is 2.81. The van der Waals surface area contributed by atoms with Crippen LogP contribution >= 0.6 is 11.3 Å². The Kier molecular flexibility index (Phi) is 2.97. The van der Waals surface area contributed by atoms with E-state index in [1.807, 2.05) is 39.0 Å². The molecule has 20 heavy (non-hydrogen) atoms. The Balaban J connectivity index is 1.90. The Hall–Kier alpha value is -1.95. The van der Waals surface area contributed by atoms with Crippen LogP contribution in [0.25, 0.3) is 0 Å². The van der Waals surface area contributed by atoms with Gasteiger partial charge in [0.2, 0.25) is 5.13 Å². The van der Waals surface area contributed by atoms with Gasteiger partial charge in [0.25, 0.3) is 0 Å². The van der Waals surface area contributed by atoms with Crippen LogP contribution in [0.3, 0.4) is 0 Å². The number of carbonyl (C=O) groups is 1. The second kappa shape index (κ2) is 4.56. The minimum Gasteiger partial charge on any atom is -0.487 e. The van der Waals surface area contributed by atoms with Crippen molar-refractivity contribution in [3.63, 3.8) is 0 Å². The number of fused-ring (bicyclic) bond motifs is 1. The molecule has 2 aromatic rings. The Morgan fingerprint density at radius 2 is 2.15 bits per heavy atom. The number of hydrogen-bond donors (Lipinski definition) is 1. The Morgan fingerprint density at radius 1 is 1.35 bits per heavy atom. The summed E-state index contributed by atoms with van der Waals surface area (Å²) in [7, 11) is 0. The van der Waals surface area contributed by atoms with E-state index >= 15 is 0 Å². The number of rotatable bonds is 2. The quantitative estimate of drug-likeness (QED) is 0.918. The monoisotopic (exact) mass is 289 g/mol. The fourth-order valence-electron chi connectivity index (χ4n) is 2.20. The van der Waals surface area contributed by atoms with Gasteiger partial charge in [0.1, 0.15) is 16.4 Å². The Labute approximate surface area is 121 Å². The van der Waals surface area contributed by atoms with Crippen LogP contribution in [0.1, 0.15) is 35.6 Å². The van der Waals surface area contributed by atoms with Gasteiger partial charge in [-0.1, -0.05) is 11.3 Å². The number of carbonyl (C=O) groups excluding carboxylic acids is 1. The van der Waals surface area contributed by atoms with Gasteiger partial charge >= 0.3 is 0 Å². The molecule has 6 heteroatoms. The highest BCUT2D eigenvalue weighted by Crippen LogP contribution is 2.35. The first-order chi connectivity index (χ1) is 9.43. The number of ketones is 1. The van der Waals surface area contributed by atoms with Crippen molar-refractivity contribution in [1.82, 2.24) is 10.2 Å². The third-order valence-electron chi connectivity index (χ3n) is 3.03. The predicted octanol–water partition coefficient (Wildman–Crippen LogP) is 3.33. The zero-order chi connectivity index (χ0) is 14.3. The number of nitrogens with zero attached hydrogens (tertiary/aromatic N) is 2. The van der Waals surface area contributed by atoms with E-state index in [9.17, 15) is 4.79 Å². The van der Waals surface area contributed by atoms with Crippen molar-refractivity contribution < 1.29 is 9.53 Å². The number of hydrogen-bond acceptors (Lipinski definition) is 6.